The van der Waals surface area contributed by atoms with Crippen LogP contribution in [-0.4, -0.2) is 34.7 Å². The third-order valence-corrected chi connectivity index (χ3v) is 5.77. The number of carbonyl (C=O) groups excluding carboxylic acids is 3. The number of nitrogens with one attached hydrogen (secondary N) is 1. The summed E-state index contributed by atoms with van der Waals surface area (Å²) in [4.78, 5) is 36.6. The first-order valence-corrected chi connectivity index (χ1v) is 10.1. The van der Waals surface area contributed by atoms with E-state index < -0.39 is 17.8 Å². The zero-order chi connectivity index (χ0) is 22.7. The van der Waals surface area contributed by atoms with E-state index in [0.717, 1.165) is 28.2 Å². The van der Waals surface area contributed by atoms with E-state index in [9.17, 15) is 14.4 Å². The minimum Gasteiger partial charge on any atom is -0.471 e. The van der Waals surface area contributed by atoms with E-state index >= 15 is 0 Å². The highest BCUT2D eigenvalue weighted by atomic mass is 32.1. The second kappa shape index (κ2) is 9.00. The molecule has 3 rings (SSSR count). The maximum absolute atomic E-state index is 12.7. The normalized spacial score (nSPS) is 10.6. The summed E-state index contributed by atoms with van der Waals surface area (Å²) in [6, 6.07) is 7.37. The van der Waals surface area contributed by atoms with E-state index in [4.69, 9.17) is 15.2 Å². The molecule has 0 spiro atoms. The number of methoxy groups -OCH3 is 1. The Balaban J connectivity index is 1.75. The van der Waals surface area contributed by atoms with Crippen LogP contribution >= 0.6 is 11.3 Å². The molecule has 3 N–H and O–H groups in total. The van der Waals surface area contributed by atoms with Gasteiger partial charge in [-0.1, -0.05) is 17.7 Å². The molecule has 0 unspecified atom stereocenters. The molecule has 0 aliphatic rings. The van der Waals surface area contributed by atoms with Crippen LogP contribution in [0.2, 0.25) is 0 Å². The molecule has 31 heavy (non-hydrogen) atoms. The summed E-state index contributed by atoms with van der Waals surface area (Å²) in [5.41, 5.74) is 8.06. The van der Waals surface area contributed by atoms with Crippen LogP contribution in [0.5, 0.6) is 5.75 Å². The Kier molecular flexibility index (Phi) is 6.40. The molecule has 162 valence electrons. The number of hydrogen-bond acceptors (Lipinski definition) is 7. The lowest BCUT2D eigenvalue weighted by molar-refractivity contribution is 0.0601. The van der Waals surface area contributed by atoms with Gasteiger partial charge in [-0.25, -0.2) is 9.48 Å². The van der Waals surface area contributed by atoms with Crippen LogP contribution in [-0.2, 0) is 11.5 Å². The predicted molar refractivity (Wildman–Crippen MR) is 116 cm³/mol. The minimum absolute atomic E-state index is 0.0901. The fourth-order valence-electron chi connectivity index (χ4n) is 3.00. The Bertz CT molecular complexity index is 1160. The fourth-order valence-corrected chi connectivity index (χ4v) is 4.05. The highest BCUT2D eigenvalue weighted by Crippen LogP contribution is 2.33. The van der Waals surface area contributed by atoms with E-state index in [1.54, 1.807) is 13.1 Å². The first-order chi connectivity index (χ1) is 14.7. The second-order valence-electron chi connectivity index (χ2n) is 6.85. The standard InChI is InChI=1S/C21H22N4O5S/c1-11-5-6-15(12(2)9-11)30-10-25-8-7-14(24-25)19(27)23-20-16(21(28)29-4)13(3)17(31-20)18(22)26/h5-9H,10H2,1-4H3,(H2,22,26)(H,23,27). The lowest BCUT2D eigenvalue weighted by Crippen LogP contribution is -2.16. The van der Waals surface area contributed by atoms with Gasteiger partial charge in [0.15, 0.2) is 12.4 Å². The molecule has 0 bridgehead atoms. The van der Waals surface area contributed by atoms with Gasteiger partial charge in [0.25, 0.3) is 11.8 Å². The molecular formula is C21H22N4O5S. The highest BCUT2D eigenvalue weighted by molar-refractivity contribution is 7.18. The van der Waals surface area contributed by atoms with Crippen molar-refractivity contribution in [2.45, 2.75) is 27.5 Å². The highest BCUT2D eigenvalue weighted by Gasteiger charge is 2.26. The number of rotatable bonds is 7. The van der Waals surface area contributed by atoms with Gasteiger partial charge in [0, 0.05) is 6.20 Å². The Morgan fingerprint density at radius 3 is 2.58 bits per heavy atom. The molecule has 9 nitrogen and oxygen atoms in total. The van der Waals surface area contributed by atoms with E-state index in [1.165, 1.54) is 17.9 Å². The van der Waals surface area contributed by atoms with Crippen LogP contribution in [0.3, 0.4) is 0 Å². The van der Waals surface area contributed by atoms with Crippen LogP contribution < -0.4 is 15.8 Å². The number of esters is 1. The number of thiophene rings is 1. The number of amides is 2. The number of anilines is 1. The lowest BCUT2D eigenvalue weighted by Gasteiger charge is -2.09. The first kappa shape index (κ1) is 22.0. The number of nitrogens with zero attached hydrogens (tertiary/aromatic N) is 2. The minimum atomic E-state index is -0.694. The number of nitrogens with two attached hydrogens (primary N) is 1. The summed E-state index contributed by atoms with van der Waals surface area (Å²) < 4.78 is 12.0. The number of aromatic nitrogens is 2. The summed E-state index contributed by atoms with van der Waals surface area (Å²) in [7, 11) is 1.21. The van der Waals surface area contributed by atoms with Crippen molar-refractivity contribution in [1.82, 2.24) is 9.78 Å². The van der Waals surface area contributed by atoms with Gasteiger partial charge in [-0.2, -0.15) is 5.10 Å². The molecule has 0 fully saturated rings. The average molecular weight is 442 g/mol. The molecular weight excluding hydrogens is 420 g/mol. The van der Waals surface area contributed by atoms with Crippen molar-refractivity contribution in [1.29, 1.82) is 0 Å². The number of primary amides is 1. The van der Waals surface area contributed by atoms with Gasteiger partial charge in [-0.15, -0.1) is 11.3 Å². The van der Waals surface area contributed by atoms with Crippen LogP contribution in [0, 0.1) is 20.8 Å². The van der Waals surface area contributed by atoms with Gasteiger partial charge in [0.2, 0.25) is 0 Å². The first-order valence-electron chi connectivity index (χ1n) is 9.27. The molecule has 0 aliphatic heterocycles. The SMILES string of the molecule is COC(=O)c1c(NC(=O)c2ccn(COc3ccc(C)cc3C)n2)sc(C(N)=O)c1C. The van der Waals surface area contributed by atoms with Gasteiger partial charge >= 0.3 is 5.97 Å². The zero-order valence-electron chi connectivity index (χ0n) is 17.5. The number of benzene rings is 1. The summed E-state index contributed by atoms with van der Waals surface area (Å²) in [6.45, 7) is 5.64. The van der Waals surface area contributed by atoms with Gasteiger partial charge in [-0.05, 0) is 44.0 Å². The van der Waals surface area contributed by atoms with Gasteiger partial charge < -0.3 is 20.5 Å². The van der Waals surface area contributed by atoms with Crippen LogP contribution in [0.1, 0.15) is 47.2 Å². The second-order valence-corrected chi connectivity index (χ2v) is 7.87. The van der Waals surface area contributed by atoms with Gasteiger partial charge in [0.1, 0.15) is 10.8 Å². The maximum atomic E-state index is 12.7. The number of carbonyl (C=O) groups is 3. The molecule has 0 radical (unpaired) electrons. The maximum Gasteiger partial charge on any atom is 0.341 e. The van der Waals surface area contributed by atoms with Crippen LogP contribution in [0.15, 0.2) is 30.5 Å². The number of ether oxygens (including phenoxy) is 2. The Labute approximate surface area is 182 Å². The predicted octanol–water partition coefficient (Wildman–Crippen LogP) is 3.04. The molecule has 0 saturated heterocycles. The third kappa shape index (κ3) is 4.75. The quantitative estimate of drug-likeness (QED) is 0.542. The molecule has 3 aromatic rings. The van der Waals surface area contributed by atoms with E-state index in [0.29, 0.717) is 5.56 Å². The zero-order valence-corrected chi connectivity index (χ0v) is 18.3. The molecule has 1 aromatic carbocycles. The average Bonchev–Trinajstić information content (AvgIpc) is 3.31. The molecule has 2 aromatic heterocycles. The summed E-state index contributed by atoms with van der Waals surface area (Å²) in [5.74, 6) is -1.19. The Morgan fingerprint density at radius 2 is 1.94 bits per heavy atom. The van der Waals surface area contributed by atoms with Crippen LogP contribution in [0.4, 0.5) is 5.00 Å². The Hall–Kier alpha value is -3.66. The van der Waals surface area contributed by atoms with Crippen molar-refractivity contribution in [2.24, 2.45) is 5.73 Å². The molecule has 10 heteroatoms. The molecule has 2 amide bonds. The van der Waals surface area contributed by atoms with E-state index in [-0.39, 0.29) is 27.9 Å². The number of aryl methyl sites for hydroxylation is 2. The van der Waals surface area contributed by atoms with Crippen molar-refractivity contribution < 1.29 is 23.9 Å². The van der Waals surface area contributed by atoms with Crippen LogP contribution in [0.25, 0.3) is 0 Å². The van der Waals surface area contributed by atoms with Crippen molar-refractivity contribution in [3.8, 4) is 5.75 Å². The van der Waals surface area contributed by atoms with Crippen molar-refractivity contribution >= 4 is 34.1 Å². The largest absolute Gasteiger partial charge is 0.471 e. The number of hydrogen-bond donors (Lipinski definition) is 2. The van der Waals surface area contributed by atoms with E-state index in [2.05, 4.69) is 10.4 Å². The smallest absolute Gasteiger partial charge is 0.341 e. The van der Waals surface area contributed by atoms with Gasteiger partial charge in [-0.3, -0.25) is 9.59 Å². The summed E-state index contributed by atoms with van der Waals surface area (Å²) in [5, 5.41) is 6.99. The monoisotopic (exact) mass is 442 g/mol. The lowest BCUT2D eigenvalue weighted by atomic mass is 10.1. The van der Waals surface area contributed by atoms with Crippen molar-refractivity contribution in [2.75, 3.05) is 12.4 Å². The Morgan fingerprint density at radius 1 is 1.19 bits per heavy atom. The van der Waals surface area contributed by atoms with Gasteiger partial charge in [0.05, 0.1) is 17.6 Å². The van der Waals surface area contributed by atoms with Crippen molar-refractivity contribution in [3.63, 3.8) is 0 Å². The van der Waals surface area contributed by atoms with Crippen molar-refractivity contribution in [3.05, 3.63) is 63.3 Å². The summed E-state index contributed by atoms with van der Waals surface area (Å²) in [6.07, 6.45) is 1.61. The van der Waals surface area contributed by atoms with E-state index in [1.807, 2.05) is 32.0 Å². The third-order valence-electron chi connectivity index (χ3n) is 4.54. The molecule has 2 heterocycles. The summed E-state index contributed by atoms with van der Waals surface area (Å²) >= 11 is 0.911. The molecule has 0 saturated carbocycles. The fraction of sp³-hybridized carbons (Fsp3) is 0.238. The molecule has 0 aliphatic carbocycles. The molecule has 0 atom stereocenters. The topological polar surface area (TPSA) is 126 Å².